The van der Waals surface area contributed by atoms with Crippen molar-refractivity contribution in [1.29, 1.82) is 0 Å². The first kappa shape index (κ1) is 122. The molecule has 0 aliphatic rings. The fourth-order valence-electron chi connectivity index (χ4n) is 13.5. The molecule has 0 bridgehead atoms. The minimum absolute atomic E-state index is 0. The van der Waals surface area contributed by atoms with Crippen LogP contribution in [0, 0.1) is 65.6 Å². The number of azo groups is 2. The molecule has 9 aromatic carbocycles. The average molecular weight is 1840 g/mol. The van der Waals surface area contributed by atoms with Crippen molar-refractivity contribution in [2.45, 2.75) is 280 Å². The summed E-state index contributed by atoms with van der Waals surface area (Å²) in [5.41, 5.74) is 15.1. The Kier molecular flexibility index (Phi) is 48.1. The van der Waals surface area contributed by atoms with Crippen LogP contribution in [-0.4, -0.2) is 78.0 Å². The SMILES string of the molecule is CC(C)(C)C.CC(C)(C)C.CC(C)(C)C.CC(C)(C)CN(CC(C)(C)C)c1c(N=Nc2ccc(-c3ccc(N=Nc4cc(N(CC(C)(C)C)CC(C)(C)C)c5ccccc5c4S(=O)(=O)[O-])cc3)cc2)c[c-]c2ccccc12.CC(C)(C)CN(CC(C)(C)C)c1ccc(/C=C/C=C/c2ccc(N(CC(C)(C)C)CC(C)(C)C)cc2)cc1.CC(C)(C)c1ccccc1.O=S(=O)=O.[Na+].[Na+]. The van der Waals surface area contributed by atoms with Crippen molar-refractivity contribution in [3.8, 4) is 11.1 Å². The molecule has 0 saturated carbocycles. The zero-order valence-corrected chi connectivity index (χ0v) is 94.8. The maximum absolute atomic E-state index is 12.8. The van der Waals surface area contributed by atoms with Crippen LogP contribution in [0.15, 0.2) is 226 Å². The van der Waals surface area contributed by atoms with Gasteiger partial charge in [-0.05, 0) is 153 Å². The Labute approximate surface area is 843 Å². The van der Waals surface area contributed by atoms with Gasteiger partial charge in [-0.1, -0.05) is 415 Å². The number of nitrogens with zero attached hydrogens (tertiary/aromatic N) is 8. The maximum atomic E-state index is 12.8. The monoisotopic (exact) mass is 1840 g/mol. The standard InChI is InChI=1S/C52H63N6O3S.C36H56N2.C10H14.3C5H12.2Na.O3S/c1-49(2,3)32-57(33-50(4,5)6)46-31-45(48(62(59,60)61)43-20-16-15-19-42(43)46)56-54-40-28-23-37(24-29-40)36-21-26-39(27-22-36)53-55-44-30-25-38-17-13-14-18-41(38)47(44)58(34-51(7,8)9)35-52(10,11)12;1-33(2,3)25-37(26-34(4,5)6)31-21-17-29(18-22-31)15-13-14-16-30-19-23-32(24-20-30)38(27-35(7,8)9)28-36(10,11)12;1-10(2,3)9-7-5-4-6-8-9;3*1-5(2,3)4;;;1-4(2)3/h13-24,26-31H,32-35H2,1-12H3,(H,59,60,61);13-24H,25-28H2,1-12H3;4-8H,1-3H3;3*1-4H3;;;/q-1;;;;;;2*+1;/p-1/b;15-13+,16-14+;;;;;;;. The van der Waals surface area contributed by atoms with Gasteiger partial charge in [0.2, 0.25) is 0 Å². The first-order valence-electron chi connectivity index (χ1n) is 45.8. The van der Waals surface area contributed by atoms with Gasteiger partial charge in [0.05, 0.1) is 16.3 Å². The number of rotatable bonds is 21. The largest absolute Gasteiger partial charge is 1.00 e. The number of hydrogen-bond donors (Lipinski definition) is 0. The smallest absolute Gasteiger partial charge is 0.744 e. The molecular weight excluding hydrogens is 1680 g/mol. The summed E-state index contributed by atoms with van der Waals surface area (Å²) >= 11 is 0. The van der Waals surface area contributed by atoms with Gasteiger partial charge in [-0.25, -0.2) is 8.42 Å². The van der Waals surface area contributed by atoms with E-state index in [0.717, 1.165) is 83.9 Å². The normalized spacial score (nSPS) is 12.6. The van der Waals surface area contributed by atoms with E-state index in [1.54, 1.807) is 18.2 Å². The minimum Gasteiger partial charge on any atom is -0.744 e. The van der Waals surface area contributed by atoms with Crippen molar-refractivity contribution in [2.75, 3.05) is 72.0 Å². The second-order valence-corrected chi connectivity index (χ2v) is 51.7. The summed E-state index contributed by atoms with van der Waals surface area (Å²) in [5, 5.41) is 21.6. The molecule has 0 spiro atoms. The predicted molar refractivity (Wildman–Crippen MR) is 561 cm³/mol. The molecule has 0 radical (unpaired) electrons. The van der Waals surface area contributed by atoms with Gasteiger partial charge in [-0.15, -0.1) is 47.4 Å². The molecule has 0 heterocycles. The van der Waals surface area contributed by atoms with Gasteiger partial charge in [0.25, 0.3) is 0 Å². The van der Waals surface area contributed by atoms with Crippen molar-refractivity contribution in [2.24, 2.45) is 80.0 Å². The summed E-state index contributed by atoms with van der Waals surface area (Å²) in [7, 11) is -8.02. The van der Waals surface area contributed by atoms with Crippen LogP contribution in [0.25, 0.3) is 44.8 Å². The van der Waals surface area contributed by atoms with Crippen LogP contribution in [0.3, 0.4) is 0 Å². The third-order valence-electron chi connectivity index (χ3n) is 17.4. The first-order valence-corrected chi connectivity index (χ1v) is 48.2. The maximum Gasteiger partial charge on any atom is 1.00 e. The van der Waals surface area contributed by atoms with Gasteiger partial charge >= 0.3 is 69.7 Å². The molecule has 0 N–H and O–H groups in total. The van der Waals surface area contributed by atoms with Crippen LogP contribution in [0.5, 0.6) is 0 Å². The summed E-state index contributed by atoms with van der Waals surface area (Å²) in [4.78, 5) is 9.40. The Balaban J connectivity index is 0.00000104. The Morgan fingerprint density at radius 3 is 0.924 bits per heavy atom. The number of allylic oxidation sites excluding steroid dienone is 2. The van der Waals surface area contributed by atoms with E-state index >= 15 is 0 Å². The molecule has 131 heavy (non-hydrogen) atoms. The van der Waals surface area contributed by atoms with Crippen molar-refractivity contribution in [3.05, 3.63) is 223 Å². The molecule has 0 saturated heterocycles. The van der Waals surface area contributed by atoms with Gasteiger partial charge in [0.15, 0.2) is 0 Å². The van der Waals surface area contributed by atoms with E-state index in [9.17, 15) is 13.0 Å². The fourth-order valence-corrected chi connectivity index (χ4v) is 14.3. The molecule has 710 valence electrons. The first-order chi connectivity index (χ1) is 58.5. The van der Waals surface area contributed by atoms with Gasteiger partial charge in [0, 0.05) is 85.9 Å². The second-order valence-electron chi connectivity index (χ2n) is 49.9. The quantitative estimate of drug-likeness (QED) is 0.0222. The Morgan fingerprint density at radius 2 is 0.618 bits per heavy atom. The summed E-state index contributed by atoms with van der Waals surface area (Å²) in [6, 6.07) is 66.5. The van der Waals surface area contributed by atoms with Crippen molar-refractivity contribution in [1.82, 2.24) is 0 Å². The van der Waals surface area contributed by atoms with E-state index in [1.165, 1.54) is 28.1 Å². The summed E-state index contributed by atoms with van der Waals surface area (Å²) < 4.78 is 63.9. The van der Waals surface area contributed by atoms with Gasteiger partial charge < -0.3 is 24.2 Å². The van der Waals surface area contributed by atoms with Crippen molar-refractivity contribution >= 4 is 99.9 Å². The number of hydrogen-bond acceptors (Lipinski definition) is 14. The van der Waals surface area contributed by atoms with Crippen molar-refractivity contribution < 1.29 is 84.7 Å². The van der Waals surface area contributed by atoms with E-state index in [0.29, 0.717) is 51.2 Å². The molecule has 0 aliphatic carbocycles. The van der Waals surface area contributed by atoms with Crippen molar-refractivity contribution in [3.63, 3.8) is 0 Å². The predicted octanol–water partition coefficient (Wildman–Crippen LogP) is 27.3. The van der Waals surface area contributed by atoms with E-state index in [4.69, 9.17) is 22.9 Å². The topological polar surface area (TPSA) is 171 Å². The number of anilines is 4. The molecule has 0 atom stereocenters. The molecule has 0 amide bonds. The average Bonchev–Trinajstić information content (AvgIpc) is 0.750. The molecule has 14 nitrogen and oxygen atoms in total. The molecule has 9 aromatic rings. The van der Waals surface area contributed by atoms with Crippen LogP contribution in [-0.2, 0) is 26.1 Å². The minimum atomic E-state index is -4.91. The van der Waals surface area contributed by atoms with Crippen LogP contribution in [0.1, 0.15) is 287 Å². The van der Waals surface area contributed by atoms with E-state index in [-0.39, 0.29) is 113 Å². The molecular formula is C113H168N8Na2O6S2. The molecule has 0 unspecified atom stereocenters. The Morgan fingerprint density at radius 1 is 0.336 bits per heavy atom. The zero-order chi connectivity index (χ0) is 98.7. The summed E-state index contributed by atoms with van der Waals surface area (Å²) in [6.45, 7) is 94.6. The molecule has 0 aliphatic heterocycles. The third kappa shape index (κ3) is 54.9. The van der Waals surface area contributed by atoms with Crippen LogP contribution < -0.4 is 78.7 Å². The zero-order valence-electron chi connectivity index (χ0n) is 89.2. The third-order valence-corrected chi connectivity index (χ3v) is 18.4. The van der Waals surface area contributed by atoms with E-state index < -0.39 is 20.7 Å². The van der Waals surface area contributed by atoms with E-state index in [1.807, 2.05) is 72.8 Å². The Hall–Kier alpha value is -7.09. The van der Waals surface area contributed by atoms with E-state index in [2.05, 4.69) is 427 Å². The number of fused-ring (bicyclic) bond motifs is 2. The Bertz CT molecular complexity index is 5070. The van der Waals surface area contributed by atoms with Gasteiger partial charge in [0.1, 0.15) is 15.8 Å². The fraction of sp³-hybridized carbons (Fsp3) is 0.522. The molecule has 0 fully saturated rings. The van der Waals surface area contributed by atoms with Gasteiger partial charge in [-0.3, -0.25) is 0 Å². The second kappa shape index (κ2) is 51.7. The number of benzene rings is 9. The summed E-state index contributed by atoms with van der Waals surface area (Å²) in [6.07, 6.45) is 8.63. The van der Waals surface area contributed by atoms with Gasteiger partial charge in [-0.2, -0.15) is 15.3 Å². The molecule has 9 rings (SSSR count). The van der Waals surface area contributed by atoms with Crippen LogP contribution in [0.4, 0.5) is 45.5 Å². The van der Waals surface area contributed by atoms with Crippen LogP contribution in [0.2, 0.25) is 0 Å². The molecule has 0 aromatic heterocycles. The van der Waals surface area contributed by atoms with Crippen LogP contribution >= 0.6 is 0 Å². The summed E-state index contributed by atoms with van der Waals surface area (Å²) in [5.74, 6) is 0. The molecule has 18 heteroatoms.